The summed E-state index contributed by atoms with van der Waals surface area (Å²) in [7, 11) is 0. The van der Waals surface area contributed by atoms with Gasteiger partial charge in [0.1, 0.15) is 0 Å². The van der Waals surface area contributed by atoms with Gasteiger partial charge < -0.3 is 15.6 Å². The summed E-state index contributed by atoms with van der Waals surface area (Å²) in [5, 5.41) is 7.52. The fourth-order valence-electron chi connectivity index (χ4n) is 2.04. The molecule has 0 aliphatic carbocycles. The predicted octanol–water partition coefficient (Wildman–Crippen LogP) is 1.78. The van der Waals surface area contributed by atoms with Crippen molar-refractivity contribution in [2.45, 2.75) is 39.2 Å². The van der Waals surface area contributed by atoms with E-state index in [1.807, 2.05) is 6.92 Å². The molecule has 6 nitrogen and oxygen atoms in total. The molecule has 2 aromatic heterocycles. The van der Waals surface area contributed by atoms with Crippen molar-refractivity contribution in [3.05, 3.63) is 23.5 Å². The van der Waals surface area contributed by atoms with E-state index in [9.17, 15) is 4.79 Å². The van der Waals surface area contributed by atoms with Gasteiger partial charge in [0, 0.05) is 18.8 Å². The number of nitrogens with one attached hydrogen (secondary N) is 1. The first-order chi connectivity index (χ1) is 9.65. The van der Waals surface area contributed by atoms with Crippen molar-refractivity contribution < 1.29 is 9.32 Å². The highest BCUT2D eigenvalue weighted by Gasteiger charge is 2.14. The van der Waals surface area contributed by atoms with Crippen LogP contribution in [-0.2, 0) is 0 Å². The largest absolute Gasteiger partial charge is 0.348 e. The zero-order valence-electron chi connectivity index (χ0n) is 11.8. The van der Waals surface area contributed by atoms with Crippen LogP contribution in [0.4, 0.5) is 0 Å². The van der Waals surface area contributed by atoms with Crippen LogP contribution in [0.2, 0.25) is 0 Å². The molecule has 0 fully saturated rings. The maximum atomic E-state index is 12.2. The van der Waals surface area contributed by atoms with Gasteiger partial charge in [-0.1, -0.05) is 24.9 Å². The number of hydrogen-bond donors (Lipinski definition) is 2. The number of fused-ring (bicyclic) bond motifs is 1. The van der Waals surface area contributed by atoms with E-state index in [2.05, 4.69) is 22.4 Å². The van der Waals surface area contributed by atoms with Crippen molar-refractivity contribution >= 4 is 17.0 Å². The van der Waals surface area contributed by atoms with Crippen LogP contribution in [0.15, 0.2) is 16.8 Å². The Hall–Kier alpha value is -1.95. The first-order valence-corrected chi connectivity index (χ1v) is 6.88. The smallest absolute Gasteiger partial charge is 0.257 e. The molecule has 0 aliphatic heterocycles. The molecule has 2 heterocycles. The zero-order valence-corrected chi connectivity index (χ0v) is 11.8. The third kappa shape index (κ3) is 3.14. The van der Waals surface area contributed by atoms with Crippen LogP contribution in [0.1, 0.15) is 42.2 Å². The first kappa shape index (κ1) is 14.5. The van der Waals surface area contributed by atoms with Gasteiger partial charge in [-0.3, -0.25) is 4.79 Å². The number of nitrogens with two attached hydrogens (primary N) is 1. The average Bonchev–Trinajstić information content (AvgIpc) is 2.84. The monoisotopic (exact) mass is 276 g/mol. The number of aromatic nitrogens is 2. The van der Waals surface area contributed by atoms with E-state index in [1.165, 1.54) is 6.20 Å². The molecule has 1 amide bonds. The third-order valence-electron chi connectivity index (χ3n) is 3.30. The van der Waals surface area contributed by atoms with Gasteiger partial charge >= 0.3 is 0 Å². The van der Waals surface area contributed by atoms with Crippen LogP contribution in [0.25, 0.3) is 11.1 Å². The van der Waals surface area contributed by atoms with Crippen molar-refractivity contribution in [2.24, 2.45) is 5.73 Å². The van der Waals surface area contributed by atoms with Gasteiger partial charge in [0.15, 0.2) is 0 Å². The van der Waals surface area contributed by atoms with Crippen LogP contribution in [0.3, 0.4) is 0 Å². The third-order valence-corrected chi connectivity index (χ3v) is 3.30. The zero-order chi connectivity index (χ0) is 14.5. The number of nitrogens with zero attached hydrogens (tertiary/aromatic N) is 2. The van der Waals surface area contributed by atoms with Gasteiger partial charge in [-0.25, -0.2) is 4.98 Å². The number of carbonyl (C=O) groups excluding carboxylic acids is 1. The lowest BCUT2D eigenvalue weighted by atomic mass is 10.1. The van der Waals surface area contributed by atoms with E-state index in [0.717, 1.165) is 30.3 Å². The number of carbonyl (C=O) groups is 1. The lowest BCUT2D eigenvalue weighted by Gasteiger charge is -2.16. The van der Waals surface area contributed by atoms with Crippen LogP contribution in [0, 0.1) is 6.92 Å². The Bertz CT molecular complexity index is 594. The maximum absolute atomic E-state index is 12.2. The van der Waals surface area contributed by atoms with E-state index >= 15 is 0 Å². The quantitative estimate of drug-likeness (QED) is 0.838. The molecular weight excluding hydrogens is 256 g/mol. The molecule has 6 heteroatoms. The summed E-state index contributed by atoms with van der Waals surface area (Å²) < 4.78 is 5.03. The molecule has 108 valence electrons. The molecule has 2 rings (SSSR count). The normalized spacial score (nSPS) is 12.6. The minimum absolute atomic E-state index is 0.00159. The molecule has 1 atom stereocenters. The molecule has 0 bridgehead atoms. The molecule has 0 radical (unpaired) electrons. The first-order valence-electron chi connectivity index (χ1n) is 6.88. The molecule has 1 unspecified atom stereocenters. The average molecular weight is 276 g/mol. The standard InChI is InChI=1S/C14H20N4O2/c1-3-4-5-11(7-15)17-13(19)10-6-12-9(2)18-20-14(12)16-8-10/h6,8,11H,3-5,7,15H2,1-2H3,(H,17,19). The molecule has 0 saturated heterocycles. The number of aryl methyl sites for hydroxylation is 1. The number of amides is 1. The van der Waals surface area contributed by atoms with Crippen molar-refractivity contribution in [3.8, 4) is 0 Å². The number of rotatable bonds is 6. The molecular formula is C14H20N4O2. The fraction of sp³-hybridized carbons (Fsp3) is 0.500. The van der Waals surface area contributed by atoms with E-state index in [4.69, 9.17) is 10.3 Å². The molecule has 0 saturated carbocycles. The molecule has 20 heavy (non-hydrogen) atoms. The summed E-state index contributed by atoms with van der Waals surface area (Å²) >= 11 is 0. The predicted molar refractivity (Wildman–Crippen MR) is 76.4 cm³/mol. The number of unbranched alkanes of at least 4 members (excludes halogenated alkanes) is 1. The Morgan fingerprint density at radius 1 is 1.55 bits per heavy atom. The maximum Gasteiger partial charge on any atom is 0.257 e. The van der Waals surface area contributed by atoms with Gasteiger partial charge in [0.05, 0.1) is 16.6 Å². The Kier molecular flexibility index (Phi) is 4.68. The van der Waals surface area contributed by atoms with Gasteiger partial charge in [-0.05, 0) is 19.4 Å². The Balaban J connectivity index is 2.11. The summed E-state index contributed by atoms with van der Waals surface area (Å²) in [6.45, 7) is 4.37. The topological polar surface area (TPSA) is 94.0 Å². The second-order valence-electron chi connectivity index (χ2n) is 4.89. The van der Waals surface area contributed by atoms with Gasteiger partial charge in [-0.15, -0.1) is 0 Å². The minimum Gasteiger partial charge on any atom is -0.348 e. The summed E-state index contributed by atoms with van der Waals surface area (Å²) in [6, 6.07) is 1.75. The molecule has 0 aromatic carbocycles. The molecule has 3 N–H and O–H groups in total. The van der Waals surface area contributed by atoms with Crippen LogP contribution >= 0.6 is 0 Å². The molecule has 2 aromatic rings. The van der Waals surface area contributed by atoms with Crippen molar-refractivity contribution in [2.75, 3.05) is 6.54 Å². The Morgan fingerprint density at radius 2 is 2.35 bits per heavy atom. The van der Waals surface area contributed by atoms with Gasteiger partial charge in [0.25, 0.3) is 11.6 Å². The van der Waals surface area contributed by atoms with E-state index in [1.54, 1.807) is 6.07 Å². The fourth-order valence-corrected chi connectivity index (χ4v) is 2.04. The van der Waals surface area contributed by atoms with Crippen molar-refractivity contribution in [1.29, 1.82) is 0 Å². The second-order valence-corrected chi connectivity index (χ2v) is 4.89. The molecule has 0 spiro atoms. The summed E-state index contributed by atoms with van der Waals surface area (Å²) in [4.78, 5) is 16.3. The van der Waals surface area contributed by atoms with Gasteiger partial charge in [-0.2, -0.15) is 0 Å². The Morgan fingerprint density at radius 3 is 3.05 bits per heavy atom. The van der Waals surface area contributed by atoms with E-state index in [-0.39, 0.29) is 11.9 Å². The lowest BCUT2D eigenvalue weighted by molar-refractivity contribution is 0.0935. The summed E-state index contributed by atoms with van der Waals surface area (Å²) in [5.41, 5.74) is 7.35. The highest BCUT2D eigenvalue weighted by molar-refractivity contribution is 5.97. The molecule has 0 aliphatic rings. The summed E-state index contributed by atoms with van der Waals surface area (Å²) in [6.07, 6.45) is 4.51. The lowest BCUT2D eigenvalue weighted by Crippen LogP contribution is -2.40. The van der Waals surface area contributed by atoms with Crippen LogP contribution < -0.4 is 11.1 Å². The second kappa shape index (κ2) is 6.47. The highest BCUT2D eigenvalue weighted by atomic mass is 16.5. The highest BCUT2D eigenvalue weighted by Crippen LogP contribution is 2.16. The van der Waals surface area contributed by atoms with Crippen LogP contribution in [0.5, 0.6) is 0 Å². The SMILES string of the molecule is CCCCC(CN)NC(=O)c1cnc2onc(C)c2c1. The van der Waals surface area contributed by atoms with E-state index in [0.29, 0.717) is 17.8 Å². The van der Waals surface area contributed by atoms with Crippen LogP contribution in [-0.4, -0.2) is 28.6 Å². The Labute approximate surface area is 117 Å². The number of pyridine rings is 1. The minimum atomic E-state index is -0.161. The van der Waals surface area contributed by atoms with E-state index < -0.39 is 0 Å². The summed E-state index contributed by atoms with van der Waals surface area (Å²) in [5.74, 6) is -0.161. The van der Waals surface area contributed by atoms with Gasteiger partial charge in [0.2, 0.25) is 0 Å². The van der Waals surface area contributed by atoms with Crippen molar-refractivity contribution in [3.63, 3.8) is 0 Å². The van der Waals surface area contributed by atoms with Crippen molar-refractivity contribution in [1.82, 2.24) is 15.5 Å². The number of hydrogen-bond acceptors (Lipinski definition) is 5.